The number of nitrogens with zero attached hydrogens (tertiary/aromatic N) is 18. The molecule has 0 saturated carbocycles. The van der Waals surface area contributed by atoms with Crippen molar-refractivity contribution in [2.45, 2.75) is 0 Å². The first-order valence-corrected chi connectivity index (χ1v) is 23.9. The lowest BCUT2D eigenvalue weighted by Crippen LogP contribution is -2.06. The Morgan fingerprint density at radius 1 is 0.178 bits per heavy atom. The fourth-order valence-electron chi connectivity index (χ4n) is 9.33. The summed E-state index contributed by atoms with van der Waals surface area (Å²) >= 11 is 0. The lowest BCUT2D eigenvalue weighted by atomic mass is 9.99. The zero-order chi connectivity index (χ0) is 65.2. The van der Waals surface area contributed by atoms with E-state index in [1.807, 2.05) is 0 Å². The molecule has 0 spiro atoms. The zero-order valence-corrected chi connectivity index (χ0v) is 43.2. The highest BCUT2D eigenvalue weighted by Crippen LogP contribution is 2.46. The number of aromatic nitrogens is 6. The molecular formula is C48H18N18O24. The van der Waals surface area contributed by atoms with E-state index in [4.69, 9.17) is 29.9 Å². The second-order valence-corrected chi connectivity index (χ2v) is 18.2. The number of nitro benzene ring substituents is 12. The van der Waals surface area contributed by atoms with E-state index in [9.17, 15) is 121 Å². The Morgan fingerprint density at radius 3 is 0.389 bits per heavy atom. The molecule has 0 fully saturated rings. The van der Waals surface area contributed by atoms with Crippen LogP contribution in [-0.4, -0.2) is 89.0 Å². The molecule has 10 aromatic rings. The van der Waals surface area contributed by atoms with Gasteiger partial charge in [0.05, 0.1) is 93.2 Å². The van der Waals surface area contributed by atoms with Crippen molar-refractivity contribution < 1.29 is 59.1 Å². The van der Waals surface area contributed by atoms with Gasteiger partial charge >= 0.3 is 68.2 Å². The smallest absolute Gasteiger partial charge is 0.258 e. The van der Waals surface area contributed by atoms with Gasteiger partial charge in [0.15, 0.2) is 0 Å². The Morgan fingerprint density at radius 2 is 0.289 bits per heavy atom. The van der Waals surface area contributed by atoms with Crippen LogP contribution in [0.1, 0.15) is 0 Å². The fourth-order valence-corrected chi connectivity index (χ4v) is 9.33. The average molecular weight is 1230 g/mol. The summed E-state index contributed by atoms with van der Waals surface area (Å²) in [6.07, 6.45) is 0. The van der Waals surface area contributed by atoms with Crippen LogP contribution in [-0.2, 0) is 0 Å². The van der Waals surface area contributed by atoms with E-state index < -0.39 is 228 Å². The van der Waals surface area contributed by atoms with E-state index in [0.717, 1.165) is 36.4 Å². The lowest BCUT2D eigenvalue weighted by Gasteiger charge is -2.17. The molecule has 0 amide bonds. The molecule has 0 aliphatic carbocycles. The third kappa shape index (κ3) is 10.1. The Labute approximate surface area is 487 Å². The van der Waals surface area contributed by atoms with Gasteiger partial charge in [0.1, 0.15) is 33.1 Å². The van der Waals surface area contributed by atoms with Gasteiger partial charge in [0.25, 0.3) is 0 Å². The van der Waals surface area contributed by atoms with E-state index in [1.165, 1.54) is 0 Å². The molecule has 0 unspecified atom stereocenters. The maximum absolute atomic E-state index is 12.5. The first kappa shape index (κ1) is 58.6. The topological polar surface area (TPSA) is 595 Å². The molecule has 0 aliphatic rings. The monoisotopic (exact) mass is 1230 g/mol. The number of rotatable bonds is 18. The Balaban J connectivity index is 1.51. The minimum absolute atomic E-state index is 0.514. The molecule has 90 heavy (non-hydrogen) atoms. The van der Waals surface area contributed by atoms with Crippen LogP contribution >= 0.6 is 0 Å². The second kappa shape index (κ2) is 21.8. The van der Waals surface area contributed by atoms with Crippen LogP contribution < -0.4 is 0 Å². The van der Waals surface area contributed by atoms with Crippen molar-refractivity contribution in [3.63, 3.8) is 0 Å². The molecule has 3 heterocycles. The van der Waals surface area contributed by atoms with Crippen molar-refractivity contribution in [3.05, 3.63) is 231 Å². The molecule has 0 saturated heterocycles. The van der Waals surface area contributed by atoms with Gasteiger partial charge < -0.3 is 0 Å². The highest BCUT2D eigenvalue weighted by Gasteiger charge is 2.35. The quantitative estimate of drug-likeness (QED) is 0.0437. The standard InChI is InChI=1S/C48H18N18O24/c67-55(68)25-7-1-19(13-31(25)61(79)80)37-38(20-2-8-26(56(69)70)32(14-20)62(81)82)50-44-43(49-37)45-47(53-40(22-4-10-28(58(73)74)34(16-22)64(85)86)39(51-45)21-3-9-27(57(71)72)33(15-21)63(83)84)48-46(44)52-41(23-5-11-29(59(75)76)35(17-23)65(87)88)42(54-48)24-6-12-30(60(77)78)36(18-24)66(89)90/h1-18H. The summed E-state index contributed by atoms with van der Waals surface area (Å²) in [5.41, 5.74) is -25.4. The first-order chi connectivity index (χ1) is 42.6. The molecule has 0 aliphatic heterocycles. The molecule has 0 N–H and O–H groups in total. The summed E-state index contributed by atoms with van der Waals surface area (Å²) in [5.74, 6) is 0. The highest BCUT2D eigenvalue weighted by atomic mass is 16.7. The van der Waals surface area contributed by atoms with Gasteiger partial charge in [-0.1, -0.05) is 0 Å². The van der Waals surface area contributed by atoms with Crippen LogP contribution in [0.2, 0.25) is 0 Å². The van der Waals surface area contributed by atoms with Gasteiger partial charge in [-0.2, -0.15) is 0 Å². The van der Waals surface area contributed by atoms with Crippen molar-refractivity contribution in [2.24, 2.45) is 0 Å². The Hall–Kier alpha value is -14.6. The summed E-state index contributed by atoms with van der Waals surface area (Å²) in [7, 11) is 0. The van der Waals surface area contributed by atoms with Crippen molar-refractivity contribution in [3.8, 4) is 67.5 Å². The van der Waals surface area contributed by atoms with Gasteiger partial charge in [0, 0.05) is 106 Å². The number of benzene rings is 7. The van der Waals surface area contributed by atoms with Crippen LogP contribution in [0.4, 0.5) is 68.2 Å². The number of nitro groups is 12. The molecular weight excluding hydrogens is 1210 g/mol. The third-order valence-electron chi connectivity index (χ3n) is 13.2. The predicted molar refractivity (Wildman–Crippen MR) is 298 cm³/mol. The maximum atomic E-state index is 12.5. The number of hydrogen-bond donors (Lipinski definition) is 0. The minimum Gasteiger partial charge on any atom is -0.258 e. The Kier molecular flexibility index (Phi) is 14.2. The van der Waals surface area contributed by atoms with Gasteiger partial charge in [-0.3, -0.25) is 121 Å². The first-order valence-electron chi connectivity index (χ1n) is 23.9. The molecule has 42 heteroatoms. The molecule has 7 aromatic carbocycles. The van der Waals surface area contributed by atoms with E-state index in [1.54, 1.807) is 0 Å². The minimum atomic E-state index is -1.22. The van der Waals surface area contributed by atoms with E-state index in [2.05, 4.69) is 0 Å². The molecule has 10 rings (SSSR count). The molecule has 0 radical (unpaired) electrons. The molecule has 3 aromatic heterocycles. The van der Waals surface area contributed by atoms with Gasteiger partial charge in [0.2, 0.25) is 0 Å². The van der Waals surface area contributed by atoms with Crippen molar-refractivity contribution in [1.29, 1.82) is 0 Å². The molecule has 0 atom stereocenters. The van der Waals surface area contributed by atoms with Crippen LogP contribution in [0.3, 0.4) is 0 Å². The van der Waals surface area contributed by atoms with E-state index >= 15 is 0 Å². The summed E-state index contributed by atoms with van der Waals surface area (Å²) in [5, 5.41) is 147. The van der Waals surface area contributed by atoms with Crippen LogP contribution in [0.15, 0.2) is 109 Å². The average Bonchev–Trinajstić information content (AvgIpc) is 0.714. The van der Waals surface area contributed by atoms with Crippen LogP contribution in [0.25, 0.3) is 101 Å². The number of fused-ring (bicyclic) bond motifs is 6. The number of hydrogen-bond acceptors (Lipinski definition) is 30. The van der Waals surface area contributed by atoms with Crippen molar-refractivity contribution >= 4 is 101 Å². The van der Waals surface area contributed by atoms with Crippen molar-refractivity contribution in [2.75, 3.05) is 0 Å². The van der Waals surface area contributed by atoms with Crippen LogP contribution in [0, 0.1) is 121 Å². The molecule has 444 valence electrons. The fraction of sp³-hybridized carbons (Fsp3) is 0. The van der Waals surface area contributed by atoms with Gasteiger partial charge in [-0.15, -0.1) is 0 Å². The van der Waals surface area contributed by atoms with E-state index in [-0.39, 0.29) is 0 Å². The lowest BCUT2D eigenvalue weighted by molar-refractivity contribution is -0.422. The second-order valence-electron chi connectivity index (χ2n) is 18.2. The Bertz CT molecular complexity index is 4270. The highest BCUT2D eigenvalue weighted by molar-refractivity contribution is 6.20. The zero-order valence-electron chi connectivity index (χ0n) is 43.2. The largest absolute Gasteiger partial charge is 0.346 e. The summed E-state index contributed by atoms with van der Waals surface area (Å²) in [4.78, 5) is 162. The summed E-state index contributed by atoms with van der Waals surface area (Å²) in [6.45, 7) is 0. The maximum Gasteiger partial charge on any atom is 0.346 e. The summed E-state index contributed by atoms with van der Waals surface area (Å²) in [6, 6.07) is 12.5. The third-order valence-corrected chi connectivity index (χ3v) is 13.2. The predicted octanol–water partition coefficient (Wildman–Crippen LogP) is 10.4. The molecule has 42 nitrogen and oxygen atoms in total. The van der Waals surface area contributed by atoms with Gasteiger partial charge in [-0.05, 0) is 36.4 Å². The van der Waals surface area contributed by atoms with E-state index in [0.29, 0.717) is 72.8 Å². The SMILES string of the molecule is O=[N+]([O-])c1ccc(-c2nc3c4nc(-c5ccc([N+](=O)[O-])c([N+](=O)[O-])c5)c(-c5ccc([N+](=O)[O-])c([N+](=O)[O-])c5)nc4c4nc(-c5ccc([N+](=O)[O-])c([N+](=O)[O-])c5)c(-c5ccc([N+](=O)[O-])c([N+](=O)[O-])c5)nc4c3nc2-c2ccc([N+](=O)[O-])c([N+](=O)[O-])c2)cc1[N+](=O)[O-]. The normalized spacial score (nSPS) is 11.1. The van der Waals surface area contributed by atoms with Crippen molar-refractivity contribution in [1.82, 2.24) is 29.9 Å². The molecule has 0 bridgehead atoms. The van der Waals surface area contributed by atoms with Gasteiger partial charge in [-0.25, -0.2) is 29.9 Å². The van der Waals surface area contributed by atoms with Crippen LogP contribution in [0.5, 0.6) is 0 Å². The summed E-state index contributed by atoms with van der Waals surface area (Å²) < 4.78 is 0.